The first kappa shape index (κ1) is 19.1. The van der Waals surface area contributed by atoms with Crippen molar-refractivity contribution in [2.75, 3.05) is 6.61 Å². The maximum absolute atomic E-state index is 12.0. The molecule has 1 amide bonds. The van der Waals surface area contributed by atoms with Crippen molar-refractivity contribution in [1.29, 1.82) is 0 Å². The molecule has 1 N–H and O–H groups in total. The van der Waals surface area contributed by atoms with Gasteiger partial charge in [-0.1, -0.05) is 56.0 Å². The second-order valence-electron chi connectivity index (χ2n) is 6.53. The molecule has 2 rings (SSSR count). The summed E-state index contributed by atoms with van der Waals surface area (Å²) in [5.41, 5.74) is 0.699. The van der Waals surface area contributed by atoms with Gasteiger partial charge in [-0.15, -0.1) is 0 Å². The molecule has 3 atom stereocenters. The first-order chi connectivity index (χ1) is 11.4. The van der Waals surface area contributed by atoms with Gasteiger partial charge in [0.2, 0.25) is 0 Å². The van der Waals surface area contributed by atoms with E-state index in [0.29, 0.717) is 27.4 Å². The van der Waals surface area contributed by atoms with Crippen molar-refractivity contribution in [2.24, 2.45) is 11.8 Å². The van der Waals surface area contributed by atoms with Crippen LogP contribution in [-0.2, 0) is 20.7 Å². The standard InChI is InChI=1S/C18H23Cl2NO3/c1-11-4-3-5-16(12(11)2)21-17(22)10-24-18(23)9-13-6-7-14(19)15(20)8-13/h6-8,11-12,16H,3-5,9-10H2,1-2H3,(H,21,22)/t11-,12-,16+/m1/s1. The fourth-order valence-electron chi connectivity index (χ4n) is 3.05. The lowest BCUT2D eigenvalue weighted by Gasteiger charge is -2.34. The minimum atomic E-state index is -0.464. The smallest absolute Gasteiger partial charge is 0.310 e. The highest BCUT2D eigenvalue weighted by Gasteiger charge is 2.28. The fourth-order valence-corrected chi connectivity index (χ4v) is 3.37. The van der Waals surface area contributed by atoms with Gasteiger partial charge in [-0.05, 0) is 36.0 Å². The van der Waals surface area contributed by atoms with E-state index in [9.17, 15) is 9.59 Å². The number of benzene rings is 1. The molecule has 132 valence electrons. The summed E-state index contributed by atoms with van der Waals surface area (Å²) < 4.78 is 5.05. The van der Waals surface area contributed by atoms with Crippen LogP contribution in [0, 0.1) is 11.8 Å². The molecule has 0 aromatic heterocycles. The van der Waals surface area contributed by atoms with Crippen LogP contribution in [0.4, 0.5) is 0 Å². The van der Waals surface area contributed by atoms with Gasteiger partial charge in [0.05, 0.1) is 16.5 Å². The van der Waals surface area contributed by atoms with Gasteiger partial charge in [-0.25, -0.2) is 0 Å². The van der Waals surface area contributed by atoms with Crippen molar-refractivity contribution in [1.82, 2.24) is 5.32 Å². The van der Waals surface area contributed by atoms with E-state index in [1.54, 1.807) is 18.2 Å². The lowest BCUT2D eigenvalue weighted by molar-refractivity contribution is -0.148. The van der Waals surface area contributed by atoms with Crippen LogP contribution in [0.2, 0.25) is 10.0 Å². The van der Waals surface area contributed by atoms with Crippen LogP contribution in [0.1, 0.15) is 38.7 Å². The Morgan fingerprint density at radius 2 is 1.96 bits per heavy atom. The van der Waals surface area contributed by atoms with Gasteiger partial charge in [0.15, 0.2) is 6.61 Å². The maximum Gasteiger partial charge on any atom is 0.310 e. The Morgan fingerprint density at radius 1 is 1.21 bits per heavy atom. The molecule has 0 unspecified atom stereocenters. The van der Waals surface area contributed by atoms with E-state index in [2.05, 4.69) is 19.2 Å². The van der Waals surface area contributed by atoms with Crippen LogP contribution < -0.4 is 5.32 Å². The molecule has 0 saturated heterocycles. The van der Waals surface area contributed by atoms with Crippen molar-refractivity contribution in [3.8, 4) is 0 Å². The monoisotopic (exact) mass is 371 g/mol. The first-order valence-electron chi connectivity index (χ1n) is 8.25. The highest BCUT2D eigenvalue weighted by Crippen LogP contribution is 2.29. The van der Waals surface area contributed by atoms with E-state index >= 15 is 0 Å². The summed E-state index contributed by atoms with van der Waals surface area (Å²) in [6.07, 6.45) is 3.36. The summed E-state index contributed by atoms with van der Waals surface area (Å²) >= 11 is 11.7. The third-order valence-corrected chi connectivity index (χ3v) is 5.49. The summed E-state index contributed by atoms with van der Waals surface area (Å²) in [6, 6.07) is 5.12. The molecule has 0 radical (unpaired) electrons. The Labute approximate surface area is 152 Å². The third kappa shape index (κ3) is 5.38. The molecule has 24 heavy (non-hydrogen) atoms. The number of carbonyl (C=O) groups is 2. The highest BCUT2D eigenvalue weighted by molar-refractivity contribution is 6.42. The van der Waals surface area contributed by atoms with Crippen molar-refractivity contribution in [3.05, 3.63) is 33.8 Å². The molecule has 1 aliphatic rings. The van der Waals surface area contributed by atoms with Crippen LogP contribution in [0.25, 0.3) is 0 Å². The molecule has 4 nitrogen and oxygen atoms in total. The van der Waals surface area contributed by atoms with Gasteiger partial charge < -0.3 is 10.1 Å². The van der Waals surface area contributed by atoms with E-state index < -0.39 is 5.97 Å². The van der Waals surface area contributed by atoms with Gasteiger partial charge >= 0.3 is 5.97 Å². The normalized spacial score (nSPS) is 23.6. The molecule has 1 saturated carbocycles. The zero-order chi connectivity index (χ0) is 17.7. The van der Waals surface area contributed by atoms with E-state index in [-0.39, 0.29) is 25.0 Å². The van der Waals surface area contributed by atoms with Gasteiger partial charge in [-0.2, -0.15) is 0 Å². The predicted molar refractivity (Wildman–Crippen MR) is 95.2 cm³/mol. The quantitative estimate of drug-likeness (QED) is 0.795. The lowest BCUT2D eigenvalue weighted by atomic mass is 9.78. The Kier molecular flexibility index (Phi) is 6.93. The molecule has 0 bridgehead atoms. The van der Waals surface area contributed by atoms with Crippen molar-refractivity contribution >= 4 is 35.1 Å². The number of rotatable bonds is 5. The minimum absolute atomic E-state index is 0.0566. The van der Waals surface area contributed by atoms with Crippen LogP contribution in [0.5, 0.6) is 0 Å². The second kappa shape index (κ2) is 8.72. The second-order valence-corrected chi connectivity index (χ2v) is 7.34. The topological polar surface area (TPSA) is 55.4 Å². The predicted octanol–water partition coefficient (Wildman–Crippen LogP) is 4.02. The summed E-state index contributed by atoms with van der Waals surface area (Å²) in [6.45, 7) is 4.11. The average Bonchev–Trinajstić information content (AvgIpc) is 2.53. The Balaban J connectivity index is 1.76. The molecular weight excluding hydrogens is 349 g/mol. The number of carbonyl (C=O) groups excluding carboxylic acids is 2. The zero-order valence-electron chi connectivity index (χ0n) is 14.0. The molecule has 1 fully saturated rings. The zero-order valence-corrected chi connectivity index (χ0v) is 15.5. The largest absolute Gasteiger partial charge is 0.455 e. The van der Waals surface area contributed by atoms with Gasteiger partial charge in [-0.3, -0.25) is 9.59 Å². The number of nitrogens with one attached hydrogen (secondary N) is 1. The van der Waals surface area contributed by atoms with Crippen molar-refractivity contribution in [2.45, 2.75) is 45.6 Å². The maximum atomic E-state index is 12.0. The number of hydrogen-bond acceptors (Lipinski definition) is 3. The molecule has 1 aromatic carbocycles. The van der Waals surface area contributed by atoms with Crippen LogP contribution in [0.15, 0.2) is 18.2 Å². The first-order valence-corrected chi connectivity index (χ1v) is 9.01. The summed E-state index contributed by atoms with van der Waals surface area (Å²) in [7, 11) is 0. The van der Waals surface area contributed by atoms with E-state index in [1.807, 2.05) is 0 Å². The molecule has 1 aliphatic carbocycles. The van der Waals surface area contributed by atoms with Crippen LogP contribution >= 0.6 is 23.2 Å². The Bertz CT molecular complexity index is 606. The third-order valence-electron chi connectivity index (χ3n) is 4.75. The van der Waals surface area contributed by atoms with Gasteiger partial charge in [0.25, 0.3) is 5.91 Å². The summed E-state index contributed by atoms with van der Waals surface area (Å²) in [5.74, 6) is 0.327. The minimum Gasteiger partial charge on any atom is -0.455 e. The Morgan fingerprint density at radius 3 is 2.67 bits per heavy atom. The molecule has 6 heteroatoms. The molecule has 0 spiro atoms. The SMILES string of the molecule is C[C@@H]1[C@H](C)CCC[C@@H]1NC(=O)COC(=O)Cc1ccc(Cl)c(Cl)c1. The van der Waals surface area contributed by atoms with E-state index in [1.165, 1.54) is 6.42 Å². The number of hydrogen-bond donors (Lipinski definition) is 1. The fraction of sp³-hybridized carbons (Fsp3) is 0.556. The van der Waals surface area contributed by atoms with E-state index in [4.69, 9.17) is 27.9 Å². The van der Waals surface area contributed by atoms with Crippen molar-refractivity contribution < 1.29 is 14.3 Å². The number of halogens is 2. The molecule has 0 heterocycles. The average molecular weight is 372 g/mol. The summed E-state index contributed by atoms with van der Waals surface area (Å²) in [4.78, 5) is 23.8. The Hall–Kier alpha value is -1.26. The molecule has 0 aliphatic heterocycles. The van der Waals surface area contributed by atoms with Crippen LogP contribution in [0.3, 0.4) is 0 Å². The molecular formula is C18H23Cl2NO3. The highest BCUT2D eigenvalue weighted by atomic mass is 35.5. The van der Waals surface area contributed by atoms with E-state index in [0.717, 1.165) is 12.8 Å². The lowest BCUT2D eigenvalue weighted by Crippen LogP contribution is -2.45. The van der Waals surface area contributed by atoms with Gasteiger partial charge in [0.1, 0.15) is 0 Å². The van der Waals surface area contributed by atoms with Crippen LogP contribution in [-0.4, -0.2) is 24.5 Å². The number of ether oxygens (including phenoxy) is 1. The summed E-state index contributed by atoms with van der Waals surface area (Å²) in [5, 5.41) is 3.80. The number of esters is 1. The molecule has 1 aromatic rings. The number of amides is 1. The van der Waals surface area contributed by atoms with Crippen molar-refractivity contribution in [3.63, 3.8) is 0 Å². The van der Waals surface area contributed by atoms with Gasteiger partial charge in [0, 0.05) is 6.04 Å².